The van der Waals surface area contributed by atoms with Crippen molar-refractivity contribution in [3.63, 3.8) is 0 Å². The van der Waals surface area contributed by atoms with Gasteiger partial charge >= 0.3 is 59.1 Å². The van der Waals surface area contributed by atoms with Gasteiger partial charge in [-0.2, -0.15) is 10.2 Å². The third-order valence-corrected chi connectivity index (χ3v) is 3.47. The molecule has 1 amide bonds. The Balaban J connectivity index is 0. The molecule has 0 atom stereocenters. The summed E-state index contributed by atoms with van der Waals surface area (Å²) in [4.78, 5) is 33.1. The summed E-state index contributed by atoms with van der Waals surface area (Å²) in [7, 11) is 0. The van der Waals surface area contributed by atoms with Gasteiger partial charge in [0.2, 0.25) is 0 Å². The zero-order chi connectivity index (χ0) is 19.1. The van der Waals surface area contributed by atoms with E-state index in [-0.39, 0.29) is 83.1 Å². The minimum Gasteiger partial charge on any atom is -0.550 e. The molecule has 0 saturated carbocycles. The molecule has 11 heteroatoms. The maximum Gasteiger partial charge on any atom is 1.00 e. The molecule has 0 aliphatic heterocycles. The third kappa shape index (κ3) is 9.64. The molecule has 0 aromatic heterocycles. The van der Waals surface area contributed by atoms with Crippen molar-refractivity contribution in [1.82, 2.24) is 5.32 Å². The van der Waals surface area contributed by atoms with E-state index in [9.17, 15) is 24.6 Å². The van der Waals surface area contributed by atoms with Crippen LogP contribution < -0.4 is 74.6 Å². The van der Waals surface area contributed by atoms with Gasteiger partial charge in [0.1, 0.15) is 0 Å². The molecular formula is C18H17N3Na2O6. The number of amides is 1. The fraction of sp³-hybridized carbons (Fsp3) is 0.167. The normalized spacial score (nSPS) is 9.55. The molecule has 2 aromatic rings. The van der Waals surface area contributed by atoms with Crippen LogP contribution in [0.1, 0.15) is 32.7 Å². The largest absolute Gasteiger partial charge is 1.00 e. The molecule has 3 N–H and O–H groups in total. The molecule has 0 fully saturated rings. The Morgan fingerprint density at radius 2 is 1.48 bits per heavy atom. The van der Waals surface area contributed by atoms with Crippen LogP contribution in [-0.4, -0.2) is 29.9 Å². The van der Waals surface area contributed by atoms with E-state index in [0.717, 1.165) is 0 Å². The first-order valence-corrected chi connectivity index (χ1v) is 7.68. The summed E-state index contributed by atoms with van der Waals surface area (Å²) < 4.78 is 0. The maximum absolute atomic E-state index is 11.8. The number of nitrogens with zero attached hydrogens (tertiary/aromatic N) is 2. The van der Waals surface area contributed by atoms with Gasteiger partial charge in [0.25, 0.3) is 5.91 Å². The SMILES string of the molecule is Cc1ccc(N=Nc2ccc(C(=O)NCCC(=O)[O-])cc2)cc1C(=O)[O-].O.[Na+].[Na+]. The second-order valence-corrected chi connectivity index (χ2v) is 5.41. The van der Waals surface area contributed by atoms with Gasteiger partial charge in [-0.15, -0.1) is 0 Å². The predicted molar refractivity (Wildman–Crippen MR) is 91.7 cm³/mol. The zero-order valence-corrected chi connectivity index (χ0v) is 20.4. The molecule has 142 valence electrons. The van der Waals surface area contributed by atoms with Crippen LogP contribution in [0.3, 0.4) is 0 Å². The minimum atomic E-state index is -1.28. The van der Waals surface area contributed by atoms with E-state index >= 15 is 0 Å². The molecule has 29 heavy (non-hydrogen) atoms. The van der Waals surface area contributed by atoms with E-state index in [0.29, 0.717) is 22.5 Å². The minimum absolute atomic E-state index is 0. The quantitative estimate of drug-likeness (QED) is 0.349. The van der Waals surface area contributed by atoms with Crippen molar-refractivity contribution < 1.29 is 89.2 Å². The van der Waals surface area contributed by atoms with Gasteiger partial charge in [0.05, 0.1) is 17.3 Å². The molecule has 0 spiro atoms. The Morgan fingerprint density at radius 3 is 2.03 bits per heavy atom. The number of carboxylic acid groups (broad SMARTS) is 2. The van der Waals surface area contributed by atoms with Crippen molar-refractivity contribution in [2.75, 3.05) is 6.54 Å². The van der Waals surface area contributed by atoms with Crippen LogP contribution in [0.5, 0.6) is 0 Å². The number of carbonyl (C=O) groups excluding carboxylic acids is 3. The average molecular weight is 417 g/mol. The molecule has 0 radical (unpaired) electrons. The molecule has 2 rings (SSSR count). The summed E-state index contributed by atoms with van der Waals surface area (Å²) >= 11 is 0. The number of aliphatic carboxylic acids is 1. The smallest absolute Gasteiger partial charge is 0.550 e. The van der Waals surface area contributed by atoms with Gasteiger partial charge in [-0.05, 0) is 48.9 Å². The van der Waals surface area contributed by atoms with Crippen molar-refractivity contribution in [3.8, 4) is 0 Å². The van der Waals surface area contributed by atoms with Gasteiger partial charge in [0.15, 0.2) is 0 Å². The number of carbonyl (C=O) groups is 3. The van der Waals surface area contributed by atoms with Gasteiger partial charge in [-0.1, -0.05) is 6.07 Å². The predicted octanol–water partition coefficient (Wildman–Crippen LogP) is -6.17. The van der Waals surface area contributed by atoms with Crippen LogP contribution in [0.15, 0.2) is 52.7 Å². The average Bonchev–Trinajstić information content (AvgIpc) is 2.60. The summed E-state index contributed by atoms with van der Waals surface area (Å²) in [6, 6.07) is 10.8. The van der Waals surface area contributed by atoms with E-state index in [1.165, 1.54) is 18.2 Å². The fourth-order valence-electron chi connectivity index (χ4n) is 2.07. The number of hydrogen-bond donors (Lipinski definition) is 1. The summed E-state index contributed by atoms with van der Waals surface area (Å²) in [5.74, 6) is -2.93. The summed E-state index contributed by atoms with van der Waals surface area (Å²) in [6.07, 6.45) is -0.261. The van der Waals surface area contributed by atoms with Crippen molar-refractivity contribution in [2.24, 2.45) is 10.2 Å². The van der Waals surface area contributed by atoms with E-state index in [1.54, 1.807) is 31.2 Å². The summed E-state index contributed by atoms with van der Waals surface area (Å²) in [5.41, 5.74) is 1.78. The topological polar surface area (TPSA) is 166 Å². The molecule has 2 aromatic carbocycles. The Morgan fingerprint density at radius 1 is 0.931 bits per heavy atom. The van der Waals surface area contributed by atoms with Crippen molar-refractivity contribution in [3.05, 3.63) is 59.2 Å². The van der Waals surface area contributed by atoms with Crippen molar-refractivity contribution in [2.45, 2.75) is 13.3 Å². The molecule has 0 aliphatic rings. The van der Waals surface area contributed by atoms with Crippen molar-refractivity contribution >= 4 is 29.2 Å². The van der Waals surface area contributed by atoms with Gasteiger partial charge in [-0.25, -0.2) is 0 Å². The maximum atomic E-state index is 11.8. The number of benzene rings is 2. The van der Waals surface area contributed by atoms with Gasteiger partial charge in [0, 0.05) is 30.1 Å². The number of hydrogen-bond acceptors (Lipinski definition) is 7. The second kappa shape index (κ2) is 14.4. The Hall–Kier alpha value is -1.59. The number of nitrogens with one attached hydrogen (secondary N) is 1. The summed E-state index contributed by atoms with van der Waals surface area (Å²) in [5, 5.41) is 31.7. The van der Waals surface area contributed by atoms with Crippen LogP contribution in [-0.2, 0) is 4.79 Å². The van der Waals surface area contributed by atoms with Crippen molar-refractivity contribution in [1.29, 1.82) is 0 Å². The van der Waals surface area contributed by atoms with Gasteiger partial charge in [-0.3, -0.25) is 4.79 Å². The zero-order valence-electron chi connectivity index (χ0n) is 16.4. The van der Waals surface area contributed by atoms with E-state index in [2.05, 4.69) is 15.5 Å². The Kier molecular flexibility index (Phi) is 14.7. The Bertz CT molecular complexity index is 872. The third-order valence-electron chi connectivity index (χ3n) is 3.47. The molecular weight excluding hydrogens is 400 g/mol. The van der Waals surface area contributed by atoms with Crippen LogP contribution in [0.2, 0.25) is 0 Å². The second-order valence-electron chi connectivity index (χ2n) is 5.41. The van der Waals surface area contributed by atoms with E-state index in [4.69, 9.17) is 0 Å². The number of azo groups is 1. The molecule has 0 heterocycles. The first-order chi connectivity index (χ1) is 12.4. The number of aryl methyl sites for hydroxylation is 1. The van der Waals surface area contributed by atoms with Crippen LogP contribution >= 0.6 is 0 Å². The van der Waals surface area contributed by atoms with Crippen LogP contribution in [0, 0.1) is 6.92 Å². The molecule has 9 nitrogen and oxygen atoms in total. The Labute approximate surface area is 211 Å². The first kappa shape index (κ1) is 29.6. The van der Waals surface area contributed by atoms with E-state index < -0.39 is 17.8 Å². The fourth-order valence-corrected chi connectivity index (χ4v) is 2.07. The molecule has 0 aliphatic carbocycles. The number of aromatic carboxylic acids is 1. The van der Waals surface area contributed by atoms with E-state index in [1.807, 2.05) is 0 Å². The standard InChI is InChI=1S/C18H17N3O5.2Na.H2O/c1-11-2-5-14(10-15(11)18(25)26)21-20-13-6-3-12(4-7-13)17(24)19-9-8-16(22)23;;;/h2-7,10H,8-9H2,1H3,(H,19,24)(H,22,23)(H,25,26);;;1H2/q;2*+1;/p-2. The number of rotatable bonds is 7. The monoisotopic (exact) mass is 417 g/mol. The molecule has 0 bridgehead atoms. The first-order valence-electron chi connectivity index (χ1n) is 7.68. The van der Waals surface area contributed by atoms with Gasteiger partial charge < -0.3 is 30.6 Å². The molecule has 0 saturated heterocycles. The van der Waals surface area contributed by atoms with Crippen LogP contribution in [0.25, 0.3) is 0 Å². The molecule has 0 unspecified atom stereocenters. The van der Waals surface area contributed by atoms with Crippen LogP contribution in [0.4, 0.5) is 11.4 Å². The summed E-state index contributed by atoms with van der Waals surface area (Å²) in [6.45, 7) is 1.64. The number of carboxylic acids is 2.